The van der Waals surface area contributed by atoms with Gasteiger partial charge < -0.3 is 9.73 Å². The second kappa shape index (κ2) is 6.90. The van der Waals surface area contributed by atoms with Crippen molar-refractivity contribution in [2.24, 2.45) is 0 Å². The first-order valence-electron chi connectivity index (χ1n) is 7.37. The standard InChI is InChI=1S/C18H13BrN2O4/c1-11-10-12(6-7-14(11)19)20-18(22)17-9-8-16(25-17)13-4-2-3-5-15(13)21(23)24/h2-10H,1H3,(H,20,22). The van der Waals surface area contributed by atoms with Gasteiger partial charge in [0.15, 0.2) is 5.76 Å². The fourth-order valence-corrected chi connectivity index (χ4v) is 2.61. The van der Waals surface area contributed by atoms with Crippen LogP contribution in [0.3, 0.4) is 0 Å². The smallest absolute Gasteiger partial charge is 0.291 e. The Bertz CT molecular complexity index is 965. The molecule has 3 aromatic rings. The van der Waals surface area contributed by atoms with Crippen LogP contribution in [0.5, 0.6) is 0 Å². The van der Waals surface area contributed by atoms with E-state index in [0.29, 0.717) is 11.3 Å². The highest BCUT2D eigenvalue weighted by Crippen LogP contribution is 2.31. The van der Waals surface area contributed by atoms with Crippen LogP contribution in [-0.4, -0.2) is 10.8 Å². The predicted octanol–water partition coefficient (Wildman–Crippen LogP) is 5.18. The summed E-state index contributed by atoms with van der Waals surface area (Å²) in [5.74, 6) is -0.0790. The second-order valence-corrected chi connectivity index (χ2v) is 6.21. The van der Waals surface area contributed by atoms with Gasteiger partial charge in [-0.15, -0.1) is 0 Å². The highest BCUT2D eigenvalue weighted by Gasteiger charge is 2.19. The Balaban J connectivity index is 1.85. The van der Waals surface area contributed by atoms with Crippen LogP contribution in [0.25, 0.3) is 11.3 Å². The summed E-state index contributed by atoms with van der Waals surface area (Å²) in [5.41, 5.74) is 1.87. The number of amides is 1. The third kappa shape index (κ3) is 3.61. The van der Waals surface area contributed by atoms with Gasteiger partial charge in [0, 0.05) is 16.2 Å². The summed E-state index contributed by atoms with van der Waals surface area (Å²) in [4.78, 5) is 23.0. The maximum Gasteiger partial charge on any atom is 0.291 e. The Morgan fingerprint density at radius 1 is 1.16 bits per heavy atom. The summed E-state index contributed by atoms with van der Waals surface area (Å²) >= 11 is 3.40. The zero-order chi connectivity index (χ0) is 18.0. The Labute approximate surface area is 151 Å². The molecule has 0 atom stereocenters. The molecule has 0 saturated heterocycles. The van der Waals surface area contributed by atoms with Crippen LogP contribution in [-0.2, 0) is 0 Å². The van der Waals surface area contributed by atoms with E-state index in [4.69, 9.17) is 4.42 Å². The van der Waals surface area contributed by atoms with Crippen molar-refractivity contribution in [2.45, 2.75) is 6.92 Å². The first-order chi connectivity index (χ1) is 12.0. The summed E-state index contributed by atoms with van der Waals surface area (Å²) < 4.78 is 6.47. The van der Waals surface area contributed by atoms with Crippen molar-refractivity contribution >= 4 is 33.2 Å². The van der Waals surface area contributed by atoms with E-state index in [1.807, 2.05) is 19.1 Å². The van der Waals surface area contributed by atoms with E-state index in [1.165, 1.54) is 12.1 Å². The normalized spacial score (nSPS) is 10.5. The Kier molecular flexibility index (Phi) is 4.67. The molecular formula is C18H13BrN2O4. The number of para-hydroxylation sites is 1. The molecule has 1 amide bonds. The number of benzene rings is 2. The number of anilines is 1. The molecule has 0 spiro atoms. The fourth-order valence-electron chi connectivity index (χ4n) is 2.36. The predicted molar refractivity (Wildman–Crippen MR) is 97.6 cm³/mol. The lowest BCUT2D eigenvalue weighted by atomic mass is 10.1. The fraction of sp³-hybridized carbons (Fsp3) is 0.0556. The third-order valence-electron chi connectivity index (χ3n) is 3.61. The summed E-state index contributed by atoms with van der Waals surface area (Å²) in [5, 5.41) is 13.9. The Hall–Kier alpha value is -2.93. The molecule has 7 heteroatoms. The van der Waals surface area contributed by atoms with Gasteiger partial charge in [-0.25, -0.2) is 0 Å². The lowest BCUT2D eigenvalue weighted by molar-refractivity contribution is -0.384. The molecular weight excluding hydrogens is 388 g/mol. The average molecular weight is 401 g/mol. The van der Waals surface area contributed by atoms with Crippen LogP contribution < -0.4 is 5.32 Å². The van der Waals surface area contributed by atoms with E-state index in [0.717, 1.165) is 10.0 Å². The highest BCUT2D eigenvalue weighted by molar-refractivity contribution is 9.10. The van der Waals surface area contributed by atoms with Crippen LogP contribution in [0.2, 0.25) is 0 Å². The molecule has 6 nitrogen and oxygen atoms in total. The van der Waals surface area contributed by atoms with Crippen LogP contribution in [0, 0.1) is 17.0 Å². The summed E-state index contributed by atoms with van der Waals surface area (Å²) in [6.07, 6.45) is 0. The van der Waals surface area contributed by atoms with Crippen molar-refractivity contribution in [2.75, 3.05) is 5.32 Å². The van der Waals surface area contributed by atoms with Crippen LogP contribution >= 0.6 is 15.9 Å². The first-order valence-corrected chi connectivity index (χ1v) is 8.16. The Morgan fingerprint density at radius 3 is 2.64 bits per heavy atom. The molecule has 1 aromatic heterocycles. The minimum absolute atomic E-state index is 0.0765. The van der Waals surface area contributed by atoms with Crippen molar-refractivity contribution in [3.63, 3.8) is 0 Å². The van der Waals surface area contributed by atoms with Crippen molar-refractivity contribution in [3.8, 4) is 11.3 Å². The van der Waals surface area contributed by atoms with E-state index >= 15 is 0 Å². The number of furan rings is 1. The van der Waals surface area contributed by atoms with Crippen molar-refractivity contribution < 1.29 is 14.1 Å². The Morgan fingerprint density at radius 2 is 1.92 bits per heavy atom. The molecule has 1 N–H and O–H groups in total. The number of rotatable bonds is 4. The lowest BCUT2D eigenvalue weighted by Gasteiger charge is -2.05. The van der Waals surface area contributed by atoms with Crippen molar-refractivity contribution in [1.29, 1.82) is 0 Å². The van der Waals surface area contributed by atoms with Gasteiger partial charge in [-0.3, -0.25) is 14.9 Å². The van der Waals surface area contributed by atoms with E-state index in [-0.39, 0.29) is 17.2 Å². The minimum Gasteiger partial charge on any atom is -0.451 e. The maximum absolute atomic E-state index is 12.3. The van der Waals surface area contributed by atoms with Crippen molar-refractivity contribution in [3.05, 3.63) is 80.5 Å². The van der Waals surface area contributed by atoms with Gasteiger partial charge in [0.2, 0.25) is 0 Å². The van der Waals surface area contributed by atoms with E-state index < -0.39 is 10.8 Å². The number of nitro groups is 1. The van der Waals surface area contributed by atoms with Crippen LogP contribution in [0.4, 0.5) is 11.4 Å². The average Bonchev–Trinajstić information content (AvgIpc) is 3.08. The minimum atomic E-state index is -0.484. The zero-order valence-electron chi connectivity index (χ0n) is 13.2. The summed E-state index contributed by atoms with van der Waals surface area (Å²) in [7, 11) is 0. The molecule has 0 aliphatic heterocycles. The molecule has 0 unspecified atom stereocenters. The van der Waals surface area contributed by atoms with E-state index in [2.05, 4.69) is 21.2 Å². The number of hydrogen-bond acceptors (Lipinski definition) is 4. The highest BCUT2D eigenvalue weighted by atomic mass is 79.9. The summed E-state index contributed by atoms with van der Waals surface area (Å²) in [6.45, 7) is 1.92. The van der Waals surface area contributed by atoms with Gasteiger partial charge in [-0.1, -0.05) is 28.1 Å². The number of nitrogens with one attached hydrogen (secondary N) is 1. The largest absolute Gasteiger partial charge is 0.451 e. The molecule has 0 radical (unpaired) electrons. The number of carbonyl (C=O) groups excluding carboxylic acids is 1. The molecule has 0 bridgehead atoms. The first kappa shape index (κ1) is 16.9. The molecule has 0 aliphatic rings. The van der Waals surface area contributed by atoms with Gasteiger partial charge >= 0.3 is 0 Å². The number of carbonyl (C=O) groups is 1. The van der Waals surface area contributed by atoms with Gasteiger partial charge in [0.25, 0.3) is 11.6 Å². The summed E-state index contributed by atoms with van der Waals surface area (Å²) in [6, 6.07) is 14.7. The number of halogens is 1. The number of nitrogens with zero attached hydrogens (tertiary/aromatic N) is 1. The molecule has 126 valence electrons. The SMILES string of the molecule is Cc1cc(NC(=O)c2ccc(-c3ccccc3[N+](=O)[O-])o2)ccc1Br. The monoisotopic (exact) mass is 400 g/mol. The van der Waals surface area contributed by atoms with Gasteiger partial charge in [-0.2, -0.15) is 0 Å². The van der Waals surface area contributed by atoms with Gasteiger partial charge in [0.1, 0.15) is 5.76 Å². The quantitative estimate of drug-likeness (QED) is 0.482. The number of hydrogen-bond donors (Lipinski definition) is 1. The van der Waals surface area contributed by atoms with E-state index in [9.17, 15) is 14.9 Å². The molecule has 2 aromatic carbocycles. The third-order valence-corrected chi connectivity index (χ3v) is 4.50. The molecule has 0 aliphatic carbocycles. The van der Waals surface area contributed by atoms with Crippen molar-refractivity contribution in [1.82, 2.24) is 0 Å². The molecule has 3 rings (SSSR count). The maximum atomic E-state index is 12.3. The van der Waals surface area contributed by atoms with E-state index in [1.54, 1.807) is 30.3 Å². The van der Waals surface area contributed by atoms with Crippen LogP contribution in [0.15, 0.2) is 63.5 Å². The molecule has 25 heavy (non-hydrogen) atoms. The number of aryl methyl sites for hydroxylation is 1. The topological polar surface area (TPSA) is 85.4 Å². The lowest BCUT2D eigenvalue weighted by Crippen LogP contribution is -2.10. The zero-order valence-corrected chi connectivity index (χ0v) is 14.7. The number of nitro benzene ring substituents is 1. The van der Waals surface area contributed by atoms with Gasteiger partial charge in [-0.05, 0) is 48.9 Å². The molecule has 1 heterocycles. The molecule has 0 saturated carbocycles. The molecule has 0 fully saturated rings. The van der Waals surface area contributed by atoms with Gasteiger partial charge in [0.05, 0.1) is 10.5 Å². The van der Waals surface area contributed by atoms with Crippen LogP contribution in [0.1, 0.15) is 16.1 Å². The second-order valence-electron chi connectivity index (χ2n) is 5.36.